The SMILES string of the molecule is Cc1cc(C)c(C)c(S(=O)(=O)N2CC[NH+](CC(=O)Nc3ccc(Cl)c(Cl)c3)CC2)c1C. The zero-order valence-electron chi connectivity index (χ0n) is 18.2. The summed E-state index contributed by atoms with van der Waals surface area (Å²) in [5.41, 5.74) is 4.15. The minimum absolute atomic E-state index is 0.148. The van der Waals surface area contributed by atoms with E-state index in [2.05, 4.69) is 5.32 Å². The Morgan fingerprint density at radius 1 is 1.00 bits per heavy atom. The summed E-state index contributed by atoms with van der Waals surface area (Å²) in [4.78, 5) is 13.9. The lowest BCUT2D eigenvalue weighted by Crippen LogP contribution is -3.15. The predicted octanol–water partition coefficient (Wildman–Crippen LogP) is 2.75. The zero-order chi connectivity index (χ0) is 22.9. The highest BCUT2D eigenvalue weighted by atomic mass is 35.5. The van der Waals surface area contributed by atoms with E-state index in [1.807, 2.05) is 33.8 Å². The smallest absolute Gasteiger partial charge is 0.279 e. The highest BCUT2D eigenvalue weighted by Gasteiger charge is 2.33. The number of benzene rings is 2. The Morgan fingerprint density at radius 2 is 1.58 bits per heavy atom. The quantitative estimate of drug-likeness (QED) is 0.685. The Labute approximate surface area is 194 Å². The second-order valence-corrected chi connectivity index (χ2v) is 10.8. The molecular formula is C22H28Cl2N3O3S+. The maximum atomic E-state index is 13.4. The second kappa shape index (κ2) is 9.46. The summed E-state index contributed by atoms with van der Waals surface area (Å²) in [7, 11) is -3.59. The van der Waals surface area contributed by atoms with Gasteiger partial charge in [-0.2, -0.15) is 4.31 Å². The first-order valence-electron chi connectivity index (χ1n) is 10.2. The molecule has 0 atom stereocenters. The van der Waals surface area contributed by atoms with Crippen molar-refractivity contribution in [1.82, 2.24) is 4.31 Å². The van der Waals surface area contributed by atoms with Crippen molar-refractivity contribution < 1.29 is 18.1 Å². The van der Waals surface area contributed by atoms with Gasteiger partial charge < -0.3 is 10.2 Å². The van der Waals surface area contributed by atoms with Crippen LogP contribution in [0.2, 0.25) is 10.0 Å². The van der Waals surface area contributed by atoms with Crippen LogP contribution in [-0.2, 0) is 14.8 Å². The summed E-state index contributed by atoms with van der Waals surface area (Å²) in [5, 5.41) is 3.62. The number of halogens is 2. The molecule has 0 spiro atoms. The summed E-state index contributed by atoms with van der Waals surface area (Å²) in [5.74, 6) is -0.148. The van der Waals surface area contributed by atoms with Crippen LogP contribution < -0.4 is 10.2 Å². The molecule has 0 aliphatic carbocycles. The van der Waals surface area contributed by atoms with Gasteiger partial charge in [-0.3, -0.25) is 4.79 Å². The van der Waals surface area contributed by atoms with E-state index in [1.54, 1.807) is 22.5 Å². The Morgan fingerprint density at radius 3 is 2.13 bits per heavy atom. The lowest BCUT2D eigenvalue weighted by atomic mass is 10.0. The molecule has 0 unspecified atom stereocenters. The standard InChI is InChI=1S/C22H27Cl2N3O3S/c1-14-11-15(2)17(4)22(16(14)3)31(29,30)27-9-7-26(8-10-27)13-21(28)25-18-5-6-19(23)20(24)12-18/h5-6,11-12H,7-10,13H2,1-4H3,(H,25,28)/p+1. The summed E-state index contributed by atoms with van der Waals surface area (Å²) in [6.45, 7) is 9.76. The Hall–Kier alpha value is -1.64. The molecule has 1 saturated heterocycles. The van der Waals surface area contributed by atoms with E-state index >= 15 is 0 Å². The Bertz CT molecular complexity index is 1090. The molecule has 1 aliphatic heterocycles. The van der Waals surface area contributed by atoms with Crippen LogP contribution in [0.1, 0.15) is 22.3 Å². The summed E-state index contributed by atoms with van der Waals surface area (Å²) in [6.07, 6.45) is 0. The van der Waals surface area contributed by atoms with E-state index in [-0.39, 0.29) is 12.5 Å². The van der Waals surface area contributed by atoms with Crippen molar-refractivity contribution in [2.45, 2.75) is 32.6 Å². The number of hydrogen-bond donors (Lipinski definition) is 2. The Kier molecular flexibility index (Phi) is 7.33. The normalized spacial score (nSPS) is 15.8. The van der Waals surface area contributed by atoms with Crippen molar-refractivity contribution >= 4 is 44.8 Å². The number of nitrogens with zero attached hydrogens (tertiary/aromatic N) is 1. The molecule has 1 heterocycles. The molecular weight excluding hydrogens is 457 g/mol. The highest BCUT2D eigenvalue weighted by molar-refractivity contribution is 7.89. The van der Waals surface area contributed by atoms with Gasteiger partial charge in [0.1, 0.15) is 0 Å². The van der Waals surface area contributed by atoms with E-state index in [1.165, 1.54) is 0 Å². The number of anilines is 1. The first-order chi connectivity index (χ1) is 14.5. The third-order valence-corrected chi connectivity index (χ3v) is 8.85. The molecule has 6 nitrogen and oxygen atoms in total. The molecule has 3 rings (SSSR count). The van der Waals surface area contributed by atoms with Gasteiger partial charge in [0.2, 0.25) is 10.0 Å². The number of nitrogens with one attached hydrogen (secondary N) is 2. The minimum atomic E-state index is -3.59. The molecule has 31 heavy (non-hydrogen) atoms. The molecule has 2 aromatic rings. The number of piperazine rings is 1. The second-order valence-electron chi connectivity index (χ2n) is 8.10. The average molecular weight is 485 g/mol. The highest BCUT2D eigenvalue weighted by Crippen LogP contribution is 2.29. The zero-order valence-corrected chi connectivity index (χ0v) is 20.5. The van der Waals surface area contributed by atoms with Crippen LogP contribution in [0.4, 0.5) is 5.69 Å². The Balaban J connectivity index is 1.64. The molecule has 2 aromatic carbocycles. The number of amides is 1. The first-order valence-corrected chi connectivity index (χ1v) is 12.4. The van der Waals surface area contributed by atoms with Crippen molar-refractivity contribution in [3.63, 3.8) is 0 Å². The molecule has 0 saturated carbocycles. The fraction of sp³-hybridized carbons (Fsp3) is 0.409. The van der Waals surface area contributed by atoms with E-state index in [0.717, 1.165) is 27.2 Å². The molecule has 0 radical (unpaired) electrons. The summed E-state index contributed by atoms with van der Waals surface area (Å²) in [6, 6.07) is 6.96. The number of quaternary nitrogens is 1. The van der Waals surface area contributed by atoms with Crippen LogP contribution in [0.25, 0.3) is 0 Å². The predicted molar refractivity (Wildman–Crippen MR) is 125 cm³/mol. The lowest BCUT2D eigenvalue weighted by molar-refractivity contribution is -0.895. The topological polar surface area (TPSA) is 70.9 Å². The third kappa shape index (κ3) is 5.23. The maximum Gasteiger partial charge on any atom is 0.279 e. The molecule has 0 bridgehead atoms. The van der Waals surface area contributed by atoms with Crippen LogP contribution in [0.5, 0.6) is 0 Å². The summed E-state index contributed by atoms with van der Waals surface area (Å²) < 4.78 is 28.3. The number of hydrogen-bond acceptors (Lipinski definition) is 3. The number of carbonyl (C=O) groups excluding carboxylic acids is 1. The van der Waals surface area contributed by atoms with Gasteiger partial charge in [-0.05, 0) is 68.1 Å². The lowest BCUT2D eigenvalue weighted by Gasteiger charge is -2.32. The van der Waals surface area contributed by atoms with Crippen molar-refractivity contribution in [2.75, 3.05) is 38.0 Å². The first kappa shape index (κ1) is 24.0. The van der Waals surface area contributed by atoms with Crippen LogP contribution >= 0.6 is 23.2 Å². The minimum Gasteiger partial charge on any atom is -0.325 e. The van der Waals surface area contributed by atoms with Gasteiger partial charge in [0.15, 0.2) is 6.54 Å². The van der Waals surface area contributed by atoms with Crippen molar-refractivity contribution in [2.24, 2.45) is 0 Å². The summed E-state index contributed by atoms with van der Waals surface area (Å²) >= 11 is 11.9. The van der Waals surface area contributed by atoms with Gasteiger partial charge in [-0.15, -0.1) is 0 Å². The van der Waals surface area contributed by atoms with Crippen molar-refractivity contribution in [1.29, 1.82) is 0 Å². The molecule has 9 heteroatoms. The van der Waals surface area contributed by atoms with Gasteiger partial charge in [0, 0.05) is 5.69 Å². The van der Waals surface area contributed by atoms with Crippen molar-refractivity contribution in [3.8, 4) is 0 Å². The van der Waals surface area contributed by atoms with E-state index < -0.39 is 10.0 Å². The molecule has 168 valence electrons. The van der Waals surface area contributed by atoms with Gasteiger partial charge in [-0.25, -0.2) is 8.42 Å². The van der Waals surface area contributed by atoms with Crippen LogP contribution in [0.15, 0.2) is 29.2 Å². The van der Waals surface area contributed by atoms with E-state index in [4.69, 9.17) is 23.2 Å². The molecule has 2 N–H and O–H groups in total. The van der Waals surface area contributed by atoms with Gasteiger partial charge >= 0.3 is 0 Å². The fourth-order valence-corrected chi connectivity index (χ4v) is 6.24. The molecule has 1 aliphatic rings. The van der Waals surface area contributed by atoms with Gasteiger partial charge in [-0.1, -0.05) is 29.3 Å². The van der Waals surface area contributed by atoms with Crippen LogP contribution in [0.3, 0.4) is 0 Å². The van der Waals surface area contributed by atoms with Crippen LogP contribution in [0, 0.1) is 27.7 Å². The number of aryl methyl sites for hydroxylation is 2. The molecule has 0 aromatic heterocycles. The van der Waals surface area contributed by atoms with E-state index in [9.17, 15) is 13.2 Å². The number of rotatable bonds is 5. The molecule has 1 amide bonds. The maximum absolute atomic E-state index is 13.4. The number of sulfonamides is 1. The number of carbonyl (C=O) groups is 1. The van der Waals surface area contributed by atoms with Crippen molar-refractivity contribution in [3.05, 3.63) is 56.6 Å². The largest absolute Gasteiger partial charge is 0.325 e. The fourth-order valence-electron chi connectivity index (χ4n) is 3.92. The monoisotopic (exact) mass is 484 g/mol. The van der Waals surface area contributed by atoms with Gasteiger partial charge in [0.25, 0.3) is 5.91 Å². The molecule has 1 fully saturated rings. The van der Waals surface area contributed by atoms with E-state index in [0.29, 0.717) is 46.8 Å². The third-order valence-electron chi connectivity index (χ3n) is 5.94. The average Bonchev–Trinajstić information content (AvgIpc) is 2.69. The van der Waals surface area contributed by atoms with Gasteiger partial charge in [0.05, 0.1) is 41.1 Å². The van der Waals surface area contributed by atoms with Crippen LogP contribution in [-0.4, -0.2) is 51.4 Å².